The van der Waals surface area contributed by atoms with Gasteiger partial charge in [-0.3, -0.25) is 9.59 Å². The number of piperazine rings is 1. The van der Waals surface area contributed by atoms with Gasteiger partial charge in [0, 0.05) is 6.54 Å². The minimum absolute atomic E-state index is 0.0126. The van der Waals surface area contributed by atoms with Gasteiger partial charge >= 0.3 is 0 Å². The number of nitrogens with zero attached hydrogens (tertiary/aromatic N) is 1. The van der Waals surface area contributed by atoms with Gasteiger partial charge < -0.3 is 10.2 Å². The smallest absolute Gasteiger partial charge is 0.243 e. The van der Waals surface area contributed by atoms with Crippen LogP contribution in [0.2, 0.25) is 0 Å². The van der Waals surface area contributed by atoms with E-state index in [1.807, 2.05) is 19.1 Å². The highest BCUT2D eigenvalue weighted by Gasteiger charge is 2.32. The summed E-state index contributed by atoms with van der Waals surface area (Å²) in [6, 6.07) is 7.95. The Hall–Kier alpha value is -1.84. The average Bonchev–Trinajstić information content (AvgIpc) is 2.43. The molecule has 0 bridgehead atoms. The van der Waals surface area contributed by atoms with Crippen LogP contribution in [0.1, 0.15) is 45.2 Å². The molecule has 1 fully saturated rings. The van der Waals surface area contributed by atoms with Gasteiger partial charge in [0.2, 0.25) is 11.8 Å². The van der Waals surface area contributed by atoms with Crippen LogP contribution in [0.15, 0.2) is 24.3 Å². The number of hydrogen-bond donors (Lipinski definition) is 1. The lowest BCUT2D eigenvalue weighted by Crippen LogP contribution is -2.57. The zero-order chi connectivity index (χ0) is 15.6. The molecule has 0 aromatic heterocycles. The lowest BCUT2D eigenvalue weighted by atomic mass is 9.86. The third-order valence-corrected chi connectivity index (χ3v) is 3.97. The first-order valence-electron chi connectivity index (χ1n) is 7.49. The number of amides is 2. The van der Waals surface area contributed by atoms with Crippen LogP contribution >= 0.6 is 0 Å². The van der Waals surface area contributed by atoms with Crippen molar-refractivity contribution in [2.45, 2.75) is 52.1 Å². The minimum Gasteiger partial charge on any atom is -0.345 e. The minimum atomic E-state index is -0.353. The van der Waals surface area contributed by atoms with Crippen molar-refractivity contribution in [2.24, 2.45) is 0 Å². The third-order valence-electron chi connectivity index (χ3n) is 3.97. The first kappa shape index (κ1) is 15.5. The molecule has 4 nitrogen and oxygen atoms in total. The van der Waals surface area contributed by atoms with Gasteiger partial charge in [-0.15, -0.1) is 0 Å². The number of nitrogens with one attached hydrogen (secondary N) is 1. The maximum absolute atomic E-state index is 12.1. The summed E-state index contributed by atoms with van der Waals surface area (Å²) in [6.45, 7) is 9.05. The van der Waals surface area contributed by atoms with E-state index >= 15 is 0 Å². The largest absolute Gasteiger partial charge is 0.345 e. The van der Waals surface area contributed by atoms with Crippen LogP contribution in [-0.2, 0) is 21.5 Å². The standard InChI is InChI=1S/C17H24N2O2/c1-5-14-16(21)18-10-15(20)19(14)11-12-6-8-13(9-7-12)17(2,3)4/h6-9,14H,5,10-11H2,1-4H3,(H,18,21). The van der Waals surface area contributed by atoms with E-state index in [1.165, 1.54) is 5.56 Å². The Morgan fingerprint density at radius 3 is 2.33 bits per heavy atom. The van der Waals surface area contributed by atoms with Gasteiger partial charge in [-0.1, -0.05) is 52.0 Å². The van der Waals surface area contributed by atoms with Crippen LogP contribution < -0.4 is 5.32 Å². The average molecular weight is 288 g/mol. The second-order valence-electron chi connectivity index (χ2n) is 6.61. The highest BCUT2D eigenvalue weighted by molar-refractivity contribution is 5.94. The molecular weight excluding hydrogens is 264 g/mol. The SMILES string of the molecule is CCC1C(=O)NCC(=O)N1Cc1ccc(C(C)(C)C)cc1. The monoisotopic (exact) mass is 288 g/mol. The molecule has 1 atom stereocenters. The van der Waals surface area contributed by atoms with Crippen molar-refractivity contribution >= 4 is 11.8 Å². The Morgan fingerprint density at radius 2 is 1.81 bits per heavy atom. The van der Waals surface area contributed by atoms with Crippen molar-refractivity contribution in [2.75, 3.05) is 6.54 Å². The Balaban J connectivity index is 2.16. The fourth-order valence-corrected chi connectivity index (χ4v) is 2.61. The molecule has 2 rings (SSSR count). The normalized spacial score (nSPS) is 19.6. The van der Waals surface area contributed by atoms with Crippen LogP contribution in [0.5, 0.6) is 0 Å². The van der Waals surface area contributed by atoms with Crippen molar-refractivity contribution < 1.29 is 9.59 Å². The highest BCUT2D eigenvalue weighted by Crippen LogP contribution is 2.23. The van der Waals surface area contributed by atoms with Crippen molar-refractivity contribution in [3.05, 3.63) is 35.4 Å². The number of carbonyl (C=O) groups excluding carboxylic acids is 2. The van der Waals surface area contributed by atoms with Gasteiger partial charge in [0.05, 0.1) is 6.54 Å². The lowest BCUT2D eigenvalue weighted by Gasteiger charge is -2.34. The van der Waals surface area contributed by atoms with Crippen molar-refractivity contribution in [1.82, 2.24) is 10.2 Å². The first-order chi connectivity index (χ1) is 9.82. The van der Waals surface area contributed by atoms with Crippen LogP contribution in [0, 0.1) is 0 Å². The molecule has 1 aromatic carbocycles. The summed E-state index contributed by atoms with van der Waals surface area (Å²) in [5.41, 5.74) is 2.44. The molecule has 0 spiro atoms. The van der Waals surface area contributed by atoms with Crippen LogP contribution in [0.25, 0.3) is 0 Å². The van der Waals surface area contributed by atoms with Gasteiger partial charge in [-0.05, 0) is 23.0 Å². The summed E-state index contributed by atoms with van der Waals surface area (Å²) >= 11 is 0. The van der Waals surface area contributed by atoms with E-state index < -0.39 is 0 Å². The Bertz CT molecular complexity index is 529. The van der Waals surface area contributed by atoms with Gasteiger partial charge in [0.15, 0.2) is 0 Å². The van der Waals surface area contributed by atoms with E-state index in [0.717, 1.165) is 5.56 Å². The molecule has 1 heterocycles. The molecular formula is C17H24N2O2. The molecule has 114 valence electrons. The molecule has 1 aromatic rings. The van der Waals surface area contributed by atoms with Crippen molar-refractivity contribution in [3.8, 4) is 0 Å². The summed E-state index contributed by atoms with van der Waals surface area (Å²) in [7, 11) is 0. The zero-order valence-electron chi connectivity index (χ0n) is 13.3. The number of benzene rings is 1. The Labute approximate surface area is 126 Å². The number of carbonyl (C=O) groups is 2. The van der Waals surface area contributed by atoms with Crippen LogP contribution in [-0.4, -0.2) is 29.3 Å². The first-order valence-corrected chi connectivity index (χ1v) is 7.49. The van der Waals surface area contributed by atoms with Crippen molar-refractivity contribution in [1.29, 1.82) is 0 Å². The van der Waals surface area contributed by atoms with Gasteiger partial charge in [-0.25, -0.2) is 0 Å². The molecule has 0 radical (unpaired) electrons. The summed E-state index contributed by atoms with van der Waals surface area (Å²) in [5, 5.41) is 2.65. The molecule has 4 heteroatoms. The fourth-order valence-electron chi connectivity index (χ4n) is 2.61. The molecule has 21 heavy (non-hydrogen) atoms. The number of hydrogen-bond acceptors (Lipinski definition) is 2. The van der Waals surface area contributed by atoms with Crippen LogP contribution in [0.3, 0.4) is 0 Å². The fraction of sp³-hybridized carbons (Fsp3) is 0.529. The predicted molar refractivity (Wildman–Crippen MR) is 82.8 cm³/mol. The van der Waals surface area contributed by atoms with E-state index in [0.29, 0.717) is 13.0 Å². The van der Waals surface area contributed by atoms with Crippen LogP contribution in [0.4, 0.5) is 0 Å². The maximum Gasteiger partial charge on any atom is 0.243 e. The van der Waals surface area contributed by atoms with Gasteiger partial charge in [0.25, 0.3) is 0 Å². The maximum atomic E-state index is 12.1. The third kappa shape index (κ3) is 3.43. The van der Waals surface area contributed by atoms with E-state index in [1.54, 1.807) is 4.90 Å². The van der Waals surface area contributed by atoms with E-state index in [4.69, 9.17) is 0 Å². The second-order valence-corrected chi connectivity index (χ2v) is 6.61. The van der Waals surface area contributed by atoms with E-state index in [2.05, 4.69) is 38.2 Å². The molecule has 1 N–H and O–H groups in total. The molecule has 0 aliphatic carbocycles. The van der Waals surface area contributed by atoms with Gasteiger partial charge in [-0.2, -0.15) is 0 Å². The topological polar surface area (TPSA) is 49.4 Å². The summed E-state index contributed by atoms with van der Waals surface area (Å²) in [4.78, 5) is 25.6. The molecule has 1 aliphatic rings. The van der Waals surface area contributed by atoms with E-state index in [-0.39, 0.29) is 29.8 Å². The van der Waals surface area contributed by atoms with E-state index in [9.17, 15) is 9.59 Å². The molecule has 2 amide bonds. The Morgan fingerprint density at radius 1 is 1.19 bits per heavy atom. The number of rotatable bonds is 3. The molecule has 1 saturated heterocycles. The molecule has 1 aliphatic heterocycles. The zero-order valence-corrected chi connectivity index (χ0v) is 13.3. The molecule has 0 saturated carbocycles. The van der Waals surface area contributed by atoms with Crippen molar-refractivity contribution in [3.63, 3.8) is 0 Å². The summed E-state index contributed by atoms with van der Waals surface area (Å²) in [5.74, 6) is -0.0650. The molecule has 1 unspecified atom stereocenters. The quantitative estimate of drug-likeness (QED) is 0.927. The highest BCUT2D eigenvalue weighted by atomic mass is 16.2. The Kier molecular flexibility index (Phi) is 4.35. The van der Waals surface area contributed by atoms with Gasteiger partial charge in [0.1, 0.15) is 6.04 Å². The summed E-state index contributed by atoms with van der Waals surface area (Å²) in [6.07, 6.45) is 0.637. The summed E-state index contributed by atoms with van der Waals surface area (Å²) < 4.78 is 0. The lowest BCUT2D eigenvalue weighted by molar-refractivity contribution is -0.146. The second kappa shape index (κ2) is 5.88. The predicted octanol–water partition coefficient (Wildman–Crippen LogP) is 2.22.